The van der Waals surface area contributed by atoms with E-state index in [0.29, 0.717) is 32.3 Å². The van der Waals surface area contributed by atoms with Crippen LogP contribution in [0.4, 0.5) is 10.1 Å². The zero-order valence-electron chi connectivity index (χ0n) is 12.6. The fourth-order valence-corrected chi connectivity index (χ4v) is 2.93. The summed E-state index contributed by atoms with van der Waals surface area (Å²) < 4.78 is 13.7. The predicted octanol–water partition coefficient (Wildman–Crippen LogP) is 4.65. The number of aromatic nitrogens is 3. The fraction of sp³-hybridized carbons (Fsp3) is 0.0625. The molecule has 1 heterocycles. The number of nitrogens with zero attached hydrogens (tertiary/aromatic N) is 2. The second kappa shape index (κ2) is 7.86. The Morgan fingerprint density at radius 2 is 2.04 bits per heavy atom. The van der Waals surface area contributed by atoms with Crippen molar-refractivity contribution in [3.05, 3.63) is 58.3 Å². The smallest absolute Gasteiger partial charge is 0.234 e. The van der Waals surface area contributed by atoms with Crippen LogP contribution in [0.2, 0.25) is 10.0 Å². The van der Waals surface area contributed by atoms with Gasteiger partial charge in [0.15, 0.2) is 5.82 Å². The van der Waals surface area contributed by atoms with Crippen LogP contribution in [-0.2, 0) is 4.79 Å². The minimum atomic E-state index is -0.399. The summed E-state index contributed by atoms with van der Waals surface area (Å²) in [5.41, 5.74) is 0.749. The summed E-state index contributed by atoms with van der Waals surface area (Å²) >= 11 is 13.0. The first kappa shape index (κ1) is 17.7. The van der Waals surface area contributed by atoms with Crippen LogP contribution >= 0.6 is 35.0 Å². The number of hydrogen-bond donors (Lipinski definition) is 2. The van der Waals surface area contributed by atoms with Gasteiger partial charge in [-0.3, -0.25) is 9.89 Å². The van der Waals surface area contributed by atoms with Crippen molar-refractivity contribution < 1.29 is 9.18 Å². The molecule has 2 aromatic carbocycles. The molecule has 0 saturated heterocycles. The van der Waals surface area contributed by atoms with Crippen molar-refractivity contribution in [3.8, 4) is 11.4 Å². The van der Waals surface area contributed by atoms with Gasteiger partial charge in [-0.15, -0.1) is 5.10 Å². The monoisotopic (exact) mass is 396 g/mol. The highest BCUT2D eigenvalue weighted by Crippen LogP contribution is 2.26. The first-order valence-electron chi connectivity index (χ1n) is 7.08. The minimum absolute atomic E-state index is 0.0669. The van der Waals surface area contributed by atoms with Crippen molar-refractivity contribution in [2.75, 3.05) is 11.1 Å². The Bertz CT molecular complexity index is 919. The van der Waals surface area contributed by atoms with Gasteiger partial charge in [0.05, 0.1) is 22.0 Å². The van der Waals surface area contributed by atoms with Crippen molar-refractivity contribution in [3.63, 3.8) is 0 Å². The molecule has 1 amide bonds. The van der Waals surface area contributed by atoms with E-state index < -0.39 is 5.82 Å². The lowest BCUT2D eigenvalue weighted by Crippen LogP contribution is -2.14. The lowest BCUT2D eigenvalue weighted by molar-refractivity contribution is -0.113. The van der Waals surface area contributed by atoms with Gasteiger partial charge in [-0.25, -0.2) is 9.37 Å². The second-order valence-corrected chi connectivity index (χ2v) is 6.69. The van der Waals surface area contributed by atoms with E-state index >= 15 is 0 Å². The van der Waals surface area contributed by atoms with Gasteiger partial charge in [-0.1, -0.05) is 47.1 Å². The average Bonchev–Trinajstić information content (AvgIpc) is 3.05. The first-order valence-corrected chi connectivity index (χ1v) is 8.82. The third-order valence-electron chi connectivity index (χ3n) is 3.13. The molecular weight excluding hydrogens is 386 g/mol. The van der Waals surface area contributed by atoms with Crippen LogP contribution in [0.3, 0.4) is 0 Å². The molecule has 0 aliphatic carbocycles. The number of rotatable bonds is 5. The summed E-state index contributed by atoms with van der Waals surface area (Å²) in [7, 11) is 0. The maximum atomic E-state index is 13.7. The van der Waals surface area contributed by atoms with E-state index in [1.807, 2.05) is 0 Å². The zero-order valence-corrected chi connectivity index (χ0v) is 14.9. The molecule has 2 N–H and O–H groups in total. The number of aromatic amines is 1. The van der Waals surface area contributed by atoms with Crippen LogP contribution in [0, 0.1) is 5.82 Å². The number of benzene rings is 2. The maximum Gasteiger partial charge on any atom is 0.234 e. The number of halogens is 3. The summed E-state index contributed by atoms with van der Waals surface area (Å²) in [6.45, 7) is 0. The molecular formula is C16H11Cl2FN4OS. The molecule has 0 saturated carbocycles. The molecule has 0 radical (unpaired) electrons. The van der Waals surface area contributed by atoms with E-state index in [1.165, 1.54) is 6.07 Å². The van der Waals surface area contributed by atoms with Gasteiger partial charge in [0.1, 0.15) is 5.82 Å². The molecule has 0 aliphatic rings. The Morgan fingerprint density at radius 3 is 2.84 bits per heavy atom. The summed E-state index contributed by atoms with van der Waals surface area (Å²) in [5.74, 6) is -0.314. The Balaban J connectivity index is 1.61. The molecule has 9 heteroatoms. The van der Waals surface area contributed by atoms with Gasteiger partial charge in [-0.2, -0.15) is 0 Å². The highest BCUT2D eigenvalue weighted by Gasteiger charge is 2.12. The van der Waals surface area contributed by atoms with Gasteiger partial charge in [-0.05, 0) is 30.3 Å². The van der Waals surface area contributed by atoms with Crippen molar-refractivity contribution in [2.45, 2.75) is 5.16 Å². The molecule has 0 atom stereocenters. The SMILES string of the molecule is O=C(CSc1n[nH]c(-c2ccccc2F)n1)Nc1cc(Cl)ccc1Cl. The van der Waals surface area contributed by atoms with Crippen LogP contribution in [0.1, 0.15) is 0 Å². The summed E-state index contributed by atoms with van der Waals surface area (Å²) in [6, 6.07) is 11.0. The molecule has 0 bridgehead atoms. The predicted molar refractivity (Wildman–Crippen MR) is 97.6 cm³/mol. The average molecular weight is 397 g/mol. The third-order valence-corrected chi connectivity index (χ3v) is 4.54. The van der Waals surface area contributed by atoms with E-state index in [9.17, 15) is 9.18 Å². The lowest BCUT2D eigenvalue weighted by atomic mass is 10.2. The maximum absolute atomic E-state index is 13.7. The van der Waals surface area contributed by atoms with Crippen molar-refractivity contribution in [1.82, 2.24) is 15.2 Å². The lowest BCUT2D eigenvalue weighted by Gasteiger charge is -2.06. The van der Waals surface area contributed by atoms with E-state index in [0.717, 1.165) is 11.8 Å². The number of carbonyl (C=O) groups excluding carboxylic acids is 1. The first-order chi connectivity index (χ1) is 12.0. The largest absolute Gasteiger partial charge is 0.324 e. The number of hydrogen-bond acceptors (Lipinski definition) is 4. The molecule has 0 fully saturated rings. The minimum Gasteiger partial charge on any atom is -0.324 e. The topological polar surface area (TPSA) is 70.7 Å². The highest BCUT2D eigenvalue weighted by molar-refractivity contribution is 7.99. The Hall–Kier alpha value is -2.09. The number of anilines is 1. The van der Waals surface area contributed by atoms with Crippen molar-refractivity contribution in [2.24, 2.45) is 0 Å². The Labute approximate surface area is 156 Å². The van der Waals surface area contributed by atoms with Gasteiger partial charge < -0.3 is 5.32 Å². The van der Waals surface area contributed by atoms with Gasteiger partial charge in [0.25, 0.3) is 0 Å². The molecule has 0 spiro atoms. The van der Waals surface area contributed by atoms with E-state index in [-0.39, 0.29) is 11.7 Å². The number of H-pyrrole nitrogens is 1. The van der Waals surface area contributed by atoms with Crippen molar-refractivity contribution >= 4 is 46.6 Å². The molecule has 5 nitrogen and oxygen atoms in total. The number of carbonyl (C=O) groups is 1. The summed E-state index contributed by atoms with van der Waals surface area (Å²) in [5, 5.41) is 10.5. The molecule has 0 unspecified atom stereocenters. The van der Waals surface area contributed by atoms with Crippen molar-refractivity contribution in [1.29, 1.82) is 0 Å². The third kappa shape index (κ3) is 4.50. The quantitative estimate of drug-likeness (QED) is 0.615. The molecule has 25 heavy (non-hydrogen) atoms. The Kier molecular flexibility index (Phi) is 5.57. The molecule has 1 aromatic heterocycles. The number of nitrogens with one attached hydrogen (secondary N) is 2. The number of thioether (sulfide) groups is 1. The summed E-state index contributed by atoms with van der Waals surface area (Å²) in [4.78, 5) is 16.2. The summed E-state index contributed by atoms with van der Waals surface area (Å²) in [6.07, 6.45) is 0. The normalized spacial score (nSPS) is 10.7. The molecule has 0 aliphatic heterocycles. The second-order valence-electron chi connectivity index (χ2n) is 4.91. The van der Waals surface area contributed by atoms with Crippen LogP contribution < -0.4 is 5.32 Å². The van der Waals surface area contributed by atoms with Gasteiger partial charge >= 0.3 is 0 Å². The molecule has 128 valence electrons. The molecule has 3 aromatic rings. The van der Waals surface area contributed by atoms with E-state index in [1.54, 1.807) is 36.4 Å². The van der Waals surface area contributed by atoms with Crippen LogP contribution in [-0.4, -0.2) is 26.8 Å². The standard InChI is InChI=1S/C16H11Cl2FN4OS/c17-9-5-6-11(18)13(7-9)20-14(24)8-25-16-21-15(22-23-16)10-3-1-2-4-12(10)19/h1-7H,8H2,(H,20,24)(H,21,22,23). The van der Waals surface area contributed by atoms with Gasteiger partial charge in [0.2, 0.25) is 11.1 Å². The van der Waals surface area contributed by atoms with Crippen LogP contribution in [0.5, 0.6) is 0 Å². The van der Waals surface area contributed by atoms with E-state index in [4.69, 9.17) is 23.2 Å². The van der Waals surface area contributed by atoms with Crippen LogP contribution in [0.15, 0.2) is 47.6 Å². The van der Waals surface area contributed by atoms with Gasteiger partial charge in [0, 0.05) is 5.02 Å². The van der Waals surface area contributed by atoms with Crippen LogP contribution in [0.25, 0.3) is 11.4 Å². The highest BCUT2D eigenvalue weighted by atomic mass is 35.5. The zero-order chi connectivity index (χ0) is 17.8. The Morgan fingerprint density at radius 1 is 1.24 bits per heavy atom. The fourth-order valence-electron chi connectivity index (χ4n) is 1.99. The van der Waals surface area contributed by atoms with E-state index in [2.05, 4.69) is 20.5 Å². The number of amides is 1. The molecule has 3 rings (SSSR count).